The highest BCUT2D eigenvalue weighted by Crippen LogP contribution is 2.21. The van der Waals surface area contributed by atoms with Gasteiger partial charge in [0, 0.05) is 26.2 Å². The summed E-state index contributed by atoms with van der Waals surface area (Å²) in [4.78, 5) is 4.65. The number of nitrogens with one attached hydrogen (secondary N) is 3. The van der Waals surface area contributed by atoms with Crippen LogP contribution in [0.1, 0.15) is 52.7 Å². The van der Waals surface area contributed by atoms with Crippen molar-refractivity contribution in [3.8, 4) is 0 Å². The molecule has 1 atom stereocenters. The van der Waals surface area contributed by atoms with Crippen molar-refractivity contribution < 1.29 is 13.2 Å². The maximum Gasteiger partial charge on any atom is 0.216 e. The van der Waals surface area contributed by atoms with Crippen LogP contribution in [0.5, 0.6) is 0 Å². The molecule has 0 saturated carbocycles. The number of aliphatic imine (C=N–C) groups is 1. The molecule has 7 nitrogen and oxygen atoms in total. The lowest BCUT2D eigenvalue weighted by Gasteiger charge is -2.30. The van der Waals surface area contributed by atoms with Gasteiger partial charge in [-0.05, 0) is 37.3 Å². The highest BCUT2D eigenvalue weighted by Gasteiger charge is 2.24. The summed E-state index contributed by atoms with van der Waals surface area (Å²) >= 11 is 0. The van der Waals surface area contributed by atoms with Crippen LogP contribution in [0.2, 0.25) is 0 Å². The van der Waals surface area contributed by atoms with Crippen LogP contribution in [0, 0.1) is 5.41 Å². The second-order valence-electron chi connectivity index (χ2n) is 8.47. The molecule has 0 saturated heterocycles. The van der Waals surface area contributed by atoms with Crippen molar-refractivity contribution in [2.24, 2.45) is 10.4 Å². The van der Waals surface area contributed by atoms with Gasteiger partial charge in [-0.3, -0.25) is 0 Å². The Labute approximate surface area is 199 Å². The van der Waals surface area contributed by atoms with Crippen molar-refractivity contribution in [2.75, 3.05) is 20.2 Å². The molecule has 1 rings (SSSR count). The Bertz CT molecular complexity index is 762. The fourth-order valence-corrected chi connectivity index (χ4v) is 4.39. The van der Waals surface area contributed by atoms with E-state index in [1.54, 1.807) is 7.11 Å². The van der Waals surface area contributed by atoms with Crippen LogP contribution in [0.25, 0.3) is 0 Å². The van der Waals surface area contributed by atoms with Crippen LogP contribution in [0.3, 0.4) is 0 Å². The number of ether oxygens (including phenoxy) is 1. The smallest absolute Gasteiger partial charge is 0.216 e. The van der Waals surface area contributed by atoms with Gasteiger partial charge < -0.3 is 15.4 Å². The number of methoxy groups -OCH3 is 1. The zero-order valence-corrected chi connectivity index (χ0v) is 22.4. The van der Waals surface area contributed by atoms with Gasteiger partial charge in [0.05, 0.1) is 18.4 Å². The Morgan fingerprint density at radius 3 is 2.23 bits per heavy atom. The normalized spacial score (nSPS) is 13.7. The topological polar surface area (TPSA) is 91.8 Å². The van der Waals surface area contributed by atoms with E-state index in [4.69, 9.17) is 4.74 Å². The molecular formula is C21H39IN4O3S. The molecule has 174 valence electrons. The summed E-state index contributed by atoms with van der Waals surface area (Å²) in [6.07, 6.45) is 0.0332. The van der Waals surface area contributed by atoms with E-state index in [0.29, 0.717) is 19.0 Å². The van der Waals surface area contributed by atoms with E-state index >= 15 is 0 Å². The molecule has 3 N–H and O–H groups in total. The lowest BCUT2D eigenvalue weighted by molar-refractivity contribution is 0.0205. The third kappa shape index (κ3) is 10.9. The molecule has 0 heterocycles. The standard InChI is InChI=1S/C21H38N4O3S.HI/c1-8-22-20(24-14-19(28-7)21(4,5)6)23-13-17-11-9-10-12-18(17)15-29(26,27)25-16(2)3;/h9-12,16,19,25H,8,13-15H2,1-7H3,(H2,22,23,24);1H. The molecule has 0 aliphatic rings. The summed E-state index contributed by atoms with van der Waals surface area (Å²) in [7, 11) is -1.68. The molecule has 0 fully saturated rings. The maximum atomic E-state index is 12.3. The zero-order valence-electron chi connectivity index (χ0n) is 19.3. The van der Waals surface area contributed by atoms with E-state index in [1.807, 2.05) is 45.0 Å². The first-order valence-corrected chi connectivity index (χ1v) is 11.8. The fraction of sp³-hybridized carbons (Fsp3) is 0.667. The van der Waals surface area contributed by atoms with E-state index in [1.165, 1.54) is 0 Å². The predicted octanol–water partition coefficient (Wildman–Crippen LogP) is 3.25. The average molecular weight is 555 g/mol. The third-order valence-corrected chi connectivity index (χ3v) is 5.86. The van der Waals surface area contributed by atoms with Gasteiger partial charge in [-0.15, -0.1) is 24.0 Å². The average Bonchev–Trinajstić information content (AvgIpc) is 2.58. The number of halogens is 1. The van der Waals surface area contributed by atoms with Crippen molar-refractivity contribution in [1.29, 1.82) is 0 Å². The van der Waals surface area contributed by atoms with E-state index < -0.39 is 10.0 Å². The molecular weight excluding hydrogens is 515 g/mol. The summed E-state index contributed by atoms with van der Waals surface area (Å²) < 4.78 is 32.9. The van der Waals surface area contributed by atoms with Gasteiger partial charge in [-0.2, -0.15) is 0 Å². The highest BCUT2D eigenvalue weighted by atomic mass is 127. The molecule has 0 aliphatic heterocycles. The monoisotopic (exact) mass is 554 g/mol. The van der Waals surface area contributed by atoms with Gasteiger partial charge in [0.1, 0.15) is 0 Å². The molecule has 1 aromatic carbocycles. The van der Waals surface area contributed by atoms with Crippen LogP contribution in [-0.4, -0.2) is 46.7 Å². The number of guanidine groups is 1. The Morgan fingerprint density at radius 2 is 1.73 bits per heavy atom. The minimum atomic E-state index is -3.39. The lowest BCUT2D eigenvalue weighted by Crippen LogP contribution is -2.45. The largest absolute Gasteiger partial charge is 0.379 e. The Balaban J connectivity index is 0.00000841. The molecule has 0 bridgehead atoms. The van der Waals surface area contributed by atoms with Crippen molar-refractivity contribution in [1.82, 2.24) is 15.4 Å². The first-order valence-electron chi connectivity index (χ1n) is 10.1. The number of hydrogen-bond donors (Lipinski definition) is 3. The number of nitrogens with zero attached hydrogens (tertiary/aromatic N) is 1. The Morgan fingerprint density at radius 1 is 1.13 bits per heavy atom. The predicted molar refractivity (Wildman–Crippen MR) is 136 cm³/mol. The van der Waals surface area contributed by atoms with E-state index in [0.717, 1.165) is 17.7 Å². The summed E-state index contributed by atoms with van der Waals surface area (Å²) in [5.74, 6) is 0.619. The van der Waals surface area contributed by atoms with Crippen LogP contribution >= 0.6 is 24.0 Å². The van der Waals surface area contributed by atoms with Crippen LogP contribution in [0.15, 0.2) is 29.3 Å². The van der Waals surface area contributed by atoms with Gasteiger partial charge >= 0.3 is 0 Å². The van der Waals surface area contributed by atoms with Crippen LogP contribution in [-0.2, 0) is 27.1 Å². The Kier molecular flexibility index (Phi) is 13.1. The van der Waals surface area contributed by atoms with Crippen molar-refractivity contribution in [3.63, 3.8) is 0 Å². The third-order valence-electron chi connectivity index (χ3n) is 4.34. The van der Waals surface area contributed by atoms with Gasteiger partial charge in [-0.25, -0.2) is 18.1 Å². The van der Waals surface area contributed by atoms with Crippen molar-refractivity contribution >= 4 is 40.0 Å². The highest BCUT2D eigenvalue weighted by molar-refractivity contribution is 14.0. The molecule has 1 unspecified atom stereocenters. The summed E-state index contributed by atoms with van der Waals surface area (Å²) in [5.41, 5.74) is 1.64. The van der Waals surface area contributed by atoms with Crippen LogP contribution < -0.4 is 15.4 Å². The van der Waals surface area contributed by atoms with E-state index in [9.17, 15) is 8.42 Å². The van der Waals surface area contributed by atoms with E-state index in [-0.39, 0.29) is 47.3 Å². The first-order chi connectivity index (χ1) is 13.5. The Hall–Kier alpha value is -0.910. The van der Waals surface area contributed by atoms with Gasteiger partial charge in [-0.1, -0.05) is 45.0 Å². The molecule has 0 radical (unpaired) electrons. The summed E-state index contributed by atoms with van der Waals surface area (Å²) in [6.45, 7) is 13.8. The first kappa shape index (κ1) is 29.1. The SMILES string of the molecule is CCNC(=NCc1ccccc1CS(=O)(=O)NC(C)C)NCC(OC)C(C)(C)C.I. The van der Waals surface area contributed by atoms with Gasteiger partial charge in [0.25, 0.3) is 0 Å². The fourth-order valence-electron chi connectivity index (χ4n) is 2.90. The second kappa shape index (κ2) is 13.5. The summed E-state index contributed by atoms with van der Waals surface area (Å²) in [5, 5.41) is 6.56. The van der Waals surface area contributed by atoms with Gasteiger partial charge in [0.2, 0.25) is 10.0 Å². The van der Waals surface area contributed by atoms with E-state index in [2.05, 4.69) is 41.1 Å². The van der Waals surface area contributed by atoms with Crippen molar-refractivity contribution in [3.05, 3.63) is 35.4 Å². The second-order valence-corrected chi connectivity index (χ2v) is 10.2. The molecule has 30 heavy (non-hydrogen) atoms. The maximum absolute atomic E-state index is 12.3. The molecule has 0 spiro atoms. The number of rotatable bonds is 10. The molecule has 0 aromatic heterocycles. The number of benzene rings is 1. The molecule has 0 amide bonds. The molecule has 1 aromatic rings. The summed E-state index contributed by atoms with van der Waals surface area (Å²) in [6, 6.07) is 7.37. The number of hydrogen-bond acceptors (Lipinski definition) is 4. The minimum Gasteiger partial charge on any atom is -0.379 e. The molecule has 0 aliphatic carbocycles. The number of sulfonamides is 1. The van der Waals surface area contributed by atoms with Crippen LogP contribution in [0.4, 0.5) is 0 Å². The molecule has 9 heteroatoms. The van der Waals surface area contributed by atoms with Crippen molar-refractivity contribution in [2.45, 2.75) is 66.0 Å². The lowest BCUT2D eigenvalue weighted by atomic mass is 9.89. The van der Waals surface area contributed by atoms with Gasteiger partial charge in [0.15, 0.2) is 5.96 Å². The minimum absolute atomic E-state index is 0. The quantitative estimate of drug-likeness (QED) is 0.235. The zero-order chi connectivity index (χ0) is 22.1.